The largest absolute Gasteiger partial charge is 0.355 e. The average molecular weight is 406 g/mol. The second-order valence-corrected chi connectivity index (χ2v) is 7.96. The van der Waals surface area contributed by atoms with Gasteiger partial charge < -0.3 is 15.1 Å². The van der Waals surface area contributed by atoms with Crippen LogP contribution in [0, 0.1) is 0 Å². The fourth-order valence-corrected chi connectivity index (χ4v) is 4.40. The Balaban J connectivity index is 1.46. The van der Waals surface area contributed by atoms with Gasteiger partial charge in [0.15, 0.2) is 5.96 Å². The second kappa shape index (κ2) is 10.1. The van der Waals surface area contributed by atoms with Gasteiger partial charge in [-0.3, -0.25) is 14.7 Å². The van der Waals surface area contributed by atoms with Crippen molar-refractivity contribution < 1.29 is 4.79 Å². The Morgan fingerprint density at radius 1 is 1.21 bits per heavy atom. The number of nitrogens with zero attached hydrogens (tertiary/aromatic N) is 4. The fraction of sp³-hybridized carbons (Fsp3) is 0.619. The number of likely N-dealkylation sites (tertiary alicyclic amines) is 1. The topological polar surface area (TPSA) is 51.2 Å². The quantitative estimate of drug-likeness (QED) is 0.602. The molecule has 0 saturated carbocycles. The molecule has 0 bridgehead atoms. The molecule has 1 amide bonds. The normalized spacial score (nSPS) is 21.2. The Bertz CT molecular complexity index is 687. The number of piperazine rings is 1. The zero-order chi connectivity index (χ0) is 19.9. The number of benzene rings is 1. The molecule has 6 nitrogen and oxygen atoms in total. The number of likely N-dealkylation sites (N-methyl/N-ethyl adjacent to an activating group) is 1. The van der Waals surface area contributed by atoms with Gasteiger partial charge in [-0.25, -0.2) is 0 Å². The van der Waals surface area contributed by atoms with Gasteiger partial charge in [0.1, 0.15) is 0 Å². The smallest absolute Gasteiger partial charge is 0.227 e. The lowest BCUT2D eigenvalue weighted by atomic mass is 10.1. The van der Waals surface area contributed by atoms with Crippen molar-refractivity contribution in [1.29, 1.82) is 0 Å². The third kappa shape index (κ3) is 5.39. The Hall–Kier alpha value is -1.79. The maximum atomic E-state index is 12.6. The van der Waals surface area contributed by atoms with E-state index >= 15 is 0 Å². The van der Waals surface area contributed by atoms with Crippen LogP contribution in [0.1, 0.15) is 25.3 Å². The molecule has 1 unspecified atom stereocenters. The number of rotatable bonds is 5. The van der Waals surface area contributed by atoms with Crippen LogP contribution in [0.2, 0.25) is 5.02 Å². The van der Waals surface area contributed by atoms with E-state index < -0.39 is 0 Å². The minimum absolute atomic E-state index is 0.161. The van der Waals surface area contributed by atoms with Gasteiger partial charge in [0.05, 0.1) is 6.42 Å². The molecule has 1 N–H and O–H groups in total. The van der Waals surface area contributed by atoms with Gasteiger partial charge in [-0.05, 0) is 43.6 Å². The lowest BCUT2D eigenvalue weighted by molar-refractivity contribution is -0.131. The molecule has 2 fully saturated rings. The number of amides is 1. The van der Waals surface area contributed by atoms with Crippen LogP contribution in [-0.2, 0) is 11.2 Å². The predicted octanol–water partition coefficient (Wildman–Crippen LogP) is 2.09. The maximum absolute atomic E-state index is 12.6. The van der Waals surface area contributed by atoms with Crippen LogP contribution in [0.3, 0.4) is 0 Å². The fourth-order valence-electron chi connectivity index (χ4n) is 4.19. The zero-order valence-electron chi connectivity index (χ0n) is 17.0. The minimum Gasteiger partial charge on any atom is -0.355 e. The molecule has 3 rings (SSSR count). The molecule has 154 valence electrons. The van der Waals surface area contributed by atoms with Crippen molar-refractivity contribution in [2.45, 2.75) is 32.2 Å². The van der Waals surface area contributed by atoms with Gasteiger partial charge in [0, 0.05) is 50.8 Å². The molecule has 28 heavy (non-hydrogen) atoms. The van der Waals surface area contributed by atoms with Crippen LogP contribution < -0.4 is 5.32 Å². The van der Waals surface area contributed by atoms with Gasteiger partial charge in [0.2, 0.25) is 5.91 Å². The molecule has 1 aromatic carbocycles. The van der Waals surface area contributed by atoms with Crippen molar-refractivity contribution in [3.63, 3.8) is 0 Å². The number of hydrogen-bond acceptors (Lipinski definition) is 3. The van der Waals surface area contributed by atoms with Crippen molar-refractivity contribution in [3.05, 3.63) is 34.9 Å². The second-order valence-electron chi connectivity index (χ2n) is 7.53. The van der Waals surface area contributed by atoms with E-state index in [1.165, 1.54) is 19.4 Å². The van der Waals surface area contributed by atoms with E-state index in [-0.39, 0.29) is 5.91 Å². The highest BCUT2D eigenvalue weighted by Gasteiger charge is 2.26. The third-order valence-corrected chi connectivity index (χ3v) is 6.02. The first-order valence-corrected chi connectivity index (χ1v) is 10.7. The third-order valence-electron chi connectivity index (χ3n) is 5.79. The van der Waals surface area contributed by atoms with Crippen LogP contribution in [0.25, 0.3) is 0 Å². The SMILES string of the molecule is CCN1CCCC1CNC(=NC)N1CCN(C(=O)Cc2cccc(Cl)c2)CC1. The first kappa shape index (κ1) is 20.9. The van der Waals surface area contributed by atoms with Crippen LogP contribution in [0.15, 0.2) is 29.3 Å². The summed E-state index contributed by atoms with van der Waals surface area (Å²) in [5.74, 6) is 1.11. The number of nitrogens with one attached hydrogen (secondary N) is 1. The summed E-state index contributed by atoms with van der Waals surface area (Å²) in [5.41, 5.74) is 0.967. The highest BCUT2D eigenvalue weighted by atomic mass is 35.5. The zero-order valence-corrected chi connectivity index (χ0v) is 17.8. The van der Waals surface area contributed by atoms with Crippen molar-refractivity contribution in [2.24, 2.45) is 4.99 Å². The predicted molar refractivity (Wildman–Crippen MR) is 115 cm³/mol. The first-order chi connectivity index (χ1) is 13.6. The van der Waals surface area contributed by atoms with E-state index in [0.29, 0.717) is 17.5 Å². The standard InChI is InChI=1S/C21H32ClN5O/c1-3-25-9-5-8-19(25)16-24-21(23-2)27-12-10-26(11-13-27)20(28)15-17-6-4-7-18(22)14-17/h4,6-7,14,19H,3,5,8-13,15-16H2,1-2H3,(H,23,24). The number of hydrogen-bond donors (Lipinski definition) is 1. The van der Waals surface area contributed by atoms with Crippen LogP contribution in [0.4, 0.5) is 0 Å². The molecule has 2 saturated heterocycles. The highest BCUT2D eigenvalue weighted by Crippen LogP contribution is 2.16. The Morgan fingerprint density at radius 3 is 2.64 bits per heavy atom. The number of carbonyl (C=O) groups is 1. The lowest BCUT2D eigenvalue weighted by Crippen LogP contribution is -2.55. The summed E-state index contributed by atoms with van der Waals surface area (Å²) in [5, 5.41) is 4.23. The van der Waals surface area contributed by atoms with Crippen molar-refractivity contribution in [3.8, 4) is 0 Å². The average Bonchev–Trinajstić information content (AvgIpc) is 3.16. The highest BCUT2D eigenvalue weighted by molar-refractivity contribution is 6.30. The molecule has 2 aliphatic heterocycles. The molecule has 7 heteroatoms. The Kier molecular flexibility index (Phi) is 7.57. The number of aliphatic imine (C=N–C) groups is 1. The minimum atomic E-state index is 0.161. The molecular formula is C21H32ClN5O. The van der Waals surface area contributed by atoms with Crippen molar-refractivity contribution in [2.75, 3.05) is 52.9 Å². The number of carbonyl (C=O) groups excluding carboxylic acids is 1. The van der Waals surface area contributed by atoms with E-state index in [2.05, 4.69) is 27.0 Å². The molecule has 0 radical (unpaired) electrons. The maximum Gasteiger partial charge on any atom is 0.227 e. The summed E-state index contributed by atoms with van der Waals surface area (Å²) >= 11 is 6.02. The van der Waals surface area contributed by atoms with E-state index in [1.54, 1.807) is 0 Å². The molecule has 0 aromatic heterocycles. The molecule has 2 aliphatic rings. The Labute approximate surface area is 173 Å². The first-order valence-electron chi connectivity index (χ1n) is 10.3. The van der Waals surface area contributed by atoms with Gasteiger partial charge in [-0.15, -0.1) is 0 Å². The van der Waals surface area contributed by atoms with E-state index in [0.717, 1.165) is 50.8 Å². The summed E-state index contributed by atoms with van der Waals surface area (Å²) in [6.07, 6.45) is 2.94. The Morgan fingerprint density at radius 2 is 1.96 bits per heavy atom. The molecule has 0 aliphatic carbocycles. The lowest BCUT2D eigenvalue weighted by Gasteiger charge is -2.37. The summed E-state index contributed by atoms with van der Waals surface area (Å²) < 4.78 is 0. The number of halogens is 1. The van der Waals surface area contributed by atoms with E-state index in [4.69, 9.17) is 11.6 Å². The summed E-state index contributed by atoms with van der Waals surface area (Å²) in [6, 6.07) is 8.14. The van der Waals surface area contributed by atoms with Crippen LogP contribution in [-0.4, -0.2) is 85.5 Å². The summed E-state index contributed by atoms with van der Waals surface area (Å²) in [4.78, 5) is 23.8. The van der Waals surface area contributed by atoms with Gasteiger partial charge >= 0.3 is 0 Å². The number of guanidine groups is 1. The monoisotopic (exact) mass is 405 g/mol. The van der Waals surface area contributed by atoms with Gasteiger partial charge in [-0.1, -0.05) is 30.7 Å². The van der Waals surface area contributed by atoms with Crippen LogP contribution >= 0.6 is 11.6 Å². The molecule has 1 aromatic rings. The van der Waals surface area contributed by atoms with E-state index in [1.807, 2.05) is 36.2 Å². The molecular weight excluding hydrogens is 374 g/mol. The summed E-state index contributed by atoms with van der Waals surface area (Å²) in [6.45, 7) is 8.55. The van der Waals surface area contributed by atoms with Gasteiger partial charge in [-0.2, -0.15) is 0 Å². The van der Waals surface area contributed by atoms with Gasteiger partial charge in [0.25, 0.3) is 0 Å². The molecule has 2 heterocycles. The van der Waals surface area contributed by atoms with Crippen molar-refractivity contribution in [1.82, 2.24) is 20.0 Å². The van der Waals surface area contributed by atoms with E-state index in [9.17, 15) is 4.79 Å². The summed E-state index contributed by atoms with van der Waals surface area (Å²) in [7, 11) is 1.84. The molecule has 0 spiro atoms. The van der Waals surface area contributed by atoms with Crippen molar-refractivity contribution >= 4 is 23.5 Å². The van der Waals surface area contributed by atoms with Crippen LogP contribution in [0.5, 0.6) is 0 Å². The molecule has 1 atom stereocenters.